The second-order valence-electron chi connectivity index (χ2n) is 5.94. The molecule has 1 aliphatic heterocycles. The number of alkyl halides is 3. The molecule has 2 heterocycles. The Morgan fingerprint density at radius 2 is 1.81 bits per heavy atom. The molecule has 1 aromatic carbocycles. The third-order valence-corrected chi connectivity index (χ3v) is 4.44. The van der Waals surface area contributed by atoms with Gasteiger partial charge in [0.1, 0.15) is 11.6 Å². The summed E-state index contributed by atoms with van der Waals surface area (Å²) in [5.41, 5.74) is -0.520. The van der Waals surface area contributed by atoms with Crippen molar-refractivity contribution in [3.8, 4) is 0 Å². The number of benzene rings is 1. The number of amides is 2. The zero-order chi connectivity index (χ0) is 19.6. The maximum atomic E-state index is 13.4. The molecule has 0 aliphatic carbocycles. The fraction of sp³-hybridized carbons (Fsp3) is 0.294. The maximum Gasteiger partial charge on any atom is 0.417 e. The van der Waals surface area contributed by atoms with Crippen molar-refractivity contribution in [2.24, 2.45) is 0 Å². The van der Waals surface area contributed by atoms with E-state index in [4.69, 9.17) is 11.6 Å². The lowest BCUT2D eigenvalue weighted by Crippen LogP contribution is -2.50. The Hall–Kier alpha value is -2.55. The lowest BCUT2D eigenvalue weighted by Gasteiger charge is -2.35. The highest BCUT2D eigenvalue weighted by molar-refractivity contribution is 6.30. The van der Waals surface area contributed by atoms with Crippen LogP contribution in [0.4, 0.5) is 33.9 Å². The third kappa shape index (κ3) is 4.60. The van der Waals surface area contributed by atoms with E-state index >= 15 is 0 Å². The van der Waals surface area contributed by atoms with Crippen molar-refractivity contribution in [3.63, 3.8) is 0 Å². The Labute approximate surface area is 157 Å². The number of piperazine rings is 1. The number of anilines is 2. The first-order valence-electron chi connectivity index (χ1n) is 8.03. The van der Waals surface area contributed by atoms with E-state index in [0.717, 1.165) is 18.3 Å². The van der Waals surface area contributed by atoms with E-state index < -0.39 is 23.6 Å². The molecule has 1 N–H and O–H groups in total. The van der Waals surface area contributed by atoms with Crippen molar-refractivity contribution >= 4 is 29.1 Å². The van der Waals surface area contributed by atoms with Crippen LogP contribution in [0.15, 0.2) is 36.5 Å². The van der Waals surface area contributed by atoms with Crippen molar-refractivity contribution in [2.45, 2.75) is 6.18 Å². The highest BCUT2D eigenvalue weighted by atomic mass is 35.5. The number of hydrogen-bond donors (Lipinski definition) is 1. The van der Waals surface area contributed by atoms with E-state index in [-0.39, 0.29) is 10.7 Å². The zero-order valence-electron chi connectivity index (χ0n) is 13.9. The van der Waals surface area contributed by atoms with Gasteiger partial charge in [0.25, 0.3) is 0 Å². The van der Waals surface area contributed by atoms with Crippen LogP contribution < -0.4 is 10.2 Å². The minimum absolute atomic E-state index is 0.0364. The predicted molar refractivity (Wildman–Crippen MR) is 93.5 cm³/mol. The van der Waals surface area contributed by atoms with Crippen molar-refractivity contribution in [1.82, 2.24) is 9.88 Å². The monoisotopic (exact) mass is 402 g/mol. The summed E-state index contributed by atoms with van der Waals surface area (Å²) >= 11 is 5.60. The van der Waals surface area contributed by atoms with Crippen LogP contribution in [0.25, 0.3) is 0 Å². The number of nitrogens with zero attached hydrogens (tertiary/aromatic N) is 3. The third-order valence-electron chi connectivity index (χ3n) is 4.14. The molecule has 0 saturated carbocycles. The van der Waals surface area contributed by atoms with E-state index in [0.29, 0.717) is 32.0 Å². The molecule has 0 spiro atoms. The Bertz CT molecular complexity index is 821. The lowest BCUT2D eigenvalue weighted by molar-refractivity contribution is -0.137. The number of aromatic nitrogens is 1. The molecule has 144 valence electrons. The molecule has 3 rings (SSSR count). The van der Waals surface area contributed by atoms with Gasteiger partial charge in [-0.3, -0.25) is 0 Å². The number of pyridine rings is 1. The molecule has 0 unspecified atom stereocenters. The predicted octanol–water partition coefficient (Wildman–Crippen LogP) is 4.25. The Morgan fingerprint density at radius 1 is 1.11 bits per heavy atom. The fourth-order valence-electron chi connectivity index (χ4n) is 2.66. The molecule has 0 radical (unpaired) electrons. The van der Waals surface area contributed by atoms with Gasteiger partial charge in [0, 0.05) is 38.1 Å². The van der Waals surface area contributed by atoms with Crippen LogP contribution in [0.2, 0.25) is 5.02 Å². The van der Waals surface area contributed by atoms with Crippen molar-refractivity contribution in [1.29, 1.82) is 0 Å². The molecule has 2 amide bonds. The zero-order valence-corrected chi connectivity index (χ0v) is 14.7. The molecule has 0 bridgehead atoms. The summed E-state index contributed by atoms with van der Waals surface area (Å²) in [5.74, 6) is -0.213. The van der Waals surface area contributed by atoms with Crippen LogP contribution in [-0.2, 0) is 6.18 Å². The lowest BCUT2D eigenvalue weighted by atomic mass is 10.2. The average Bonchev–Trinajstić information content (AvgIpc) is 2.64. The first kappa shape index (κ1) is 19.2. The van der Waals surface area contributed by atoms with Gasteiger partial charge in [0.2, 0.25) is 0 Å². The van der Waals surface area contributed by atoms with Crippen molar-refractivity contribution < 1.29 is 22.4 Å². The molecule has 0 atom stereocenters. The van der Waals surface area contributed by atoms with Crippen LogP contribution in [0, 0.1) is 5.82 Å². The van der Waals surface area contributed by atoms with Gasteiger partial charge in [-0.25, -0.2) is 14.2 Å². The van der Waals surface area contributed by atoms with E-state index in [9.17, 15) is 22.4 Å². The second-order valence-corrected chi connectivity index (χ2v) is 6.34. The normalized spacial score (nSPS) is 15.0. The van der Waals surface area contributed by atoms with Crippen molar-refractivity contribution in [2.75, 3.05) is 36.4 Å². The number of nitrogens with one attached hydrogen (secondary N) is 1. The van der Waals surface area contributed by atoms with Gasteiger partial charge in [-0.2, -0.15) is 13.2 Å². The summed E-state index contributed by atoms with van der Waals surface area (Å²) < 4.78 is 51.2. The van der Waals surface area contributed by atoms with Gasteiger partial charge >= 0.3 is 12.2 Å². The average molecular weight is 403 g/mol. The quantitative estimate of drug-likeness (QED) is 0.764. The van der Waals surface area contributed by atoms with Gasteiger partial charge in [-0.15, -0.1) is 0 Å². The van der Waals surface area contributed by atoms with Crippen molar-refractivity contribution in [3.05, 3.63) is 52.9 Å². The summed E-state index contributed by atoms with van der Waals surface area (Å²) in [6.45, 7) is 1.54. The van der Waals surface area contributed by atoms with Gasteiger partial charge in [-0.1, -0.05) is 11.6 Å². The highest BCUT2D eigenvalue weighted by Crippen LogP contribution is 2.29. The summed E-state index contributed by atoms with van der Waals surface area (Å²) in [5, 5.41) is 2.55. The molecular weight excluding hydrogens is 388 g/mol. The fourth-order valence-corrected chi connectivity index (χ4v) is 2.77. The SMILES string of the molecule is O=C(Nc1ccc(Cl)c(F)c1)N1CCN(c2ccc(C(F)(F)F)cn2)CC1. The minimum Gasteiger partial charge on any atom is -0.353 e. The summed E-state index contributed by atoms with van der Waals surface area (Å²) in [6.07, 6.45) is -3.63. The summed E-state index contributed by atoms with van der Waals surface area (Å²) in [6, 6.07) is 5.87. The second kappa shape index (κ2) is 7.59. The maximum absolute atomic E-state index is 13.4. The van der Waals surface area contributed by atoms with Gasteiger partial charge in [-0.05, 0) is 30.3 Å². The van der Waals surface area contributed by atoms with Crippen LogP contribution in [0.1, 0.15) is 5.56 Å². The highest BCUT2D eigenvalue weighted by Gasteiger charge is 2.31. The number of rotatable bonds is 2. The van der Waals surface area contributed by atoms with Crippen LogP contribution in [0.3, 0.4) is 0 Å². The number of hydrogen-bond acceptors (Lipinski definition) is 3. The van der Waals surface area contributed by atoms with E-state index in [1.165, 1.54) is 23.1 Å². The Morgan fingerprint density at radius 3 is 2.37 bits per heavy atom. The van der Waals surface area contributed by atoms with Crippen LogP contribution in [-0.4, -0.2) is 42.1 Å². The smallest absolute Gasteiger partial charge is 0.353 e. The molecular formula is C17H15ClF4N4O. The van der Waals surface area contributed by atoms with Crippen LogP contribution >= 0.6 is 11.6 Å². The Kier molecular flexibility index (Phi) is 5.41. The topological polar surface area (TPSA) is 48.5 Å². The number of carbonyl (C=O) groups is 1. The number of halogens is 5. The van der Waals surface area contributed by atoms with E-state index in [1.54, 1.807) is 4.90 Å². The molecule has 10 heteroatoms. The molecule has 1 fully saturated rings. The summed E-state index contributed by atoms with van der Waals surface area (Å²) in [7, 11) is 0. The molecule has 5 nitrogen and oxygen atoms in total. The van der Waals surface area contributed by atoms with Crippen LogP contribution in [0.5, 0.6) is 0 Å². The molecule has 1 aromatic heterocycles. The van der Waals surface area contributed by atoms with Gasteiger partial charge in [0.05, 0.1) is 10.6 Å². The number of urea groups is 1. The summed E-state index contributed by atoms with van der Waals surface area (Å²) in [4.78, 5) is 19.5. The van der Waals surface area contributed by atoms with Gasteiger partial charge < -0.3 is 15.1 Å². The largest absolute Gasteiger partial charge is 0.417 e. The standard InChI is InChI=1S/C17H15ClF4N4O/c18-13-3-2-12(9-14(13)19)24-16(27)26-7-5-25(6-8-26)15-4-1-11(10-23-15)17(20,21)22/h1-4,9-10H,5-8H2,(H,24,27). The molecule has 2 aromatic rings. The van der Waals surface area contributed by atoms with Gasteiger partial charge in [0.15, 0.2) is 0 Å². The van der Waals surface area contributed by atoms with E-state index in [2.05, 4.69) is 10.3 Å². The molecule has 1 aliphatic rings. The molecule has 27 heavy (non-hydrogen) atoms. The molecule has 1 saturated heterocycles. The minimum atomic E-state index is -4.43. The first-order chi connectivity index (χ1) is 12.7. The first-order valence-corrected chi connectivity index (χ1v) is 8.41. The number of carbonyl (C=O) groups excluding carboxylic acids is 1. The van der Waals surface area contributed by atoms with E-state index in [1.807, 2.05) is 0 Å². The Balaban J connectivity index is 1.56.